The number of ether oxygens (including phenoxy) is 3. The van der Waals surface area contributed by atoms with Crippen molar-refractivity contribution in [2.24, 2.45) is 0 Å². The lowest BCUT2D eigenvalue weighted by atomic mass is 10.4. The fourth-order valence-corrected chi connectivity index (χ4v) is 1.10. The number of carbonyl (C=O) groups excluding carboxylic acids is 1. The zero-order valence-corrected chi connectivity index (χ0v) is 9.60. The minimum absolute atomic E-state index is 0.283. The van der Waals surface area contributed by atoms with E-state index < -0.39 is 12.1 Å². The number of pyridine rings is 1. The Morgan fingerprint density at radius 2 is 2.31 bits per heavy atom. The quantitative estimate of drug-likeness (QED) is 0.709. The van der Waals surface area contributed by atoms with Crippen molar-refractivity contribution < 1.29 is 19.0 Å². The van der Waals surface area contributed by atoms with Crippen LogP contribution in [0.15, 0.2) is 18.3 Å². The Morgan fingerprint density at radius 3 is 2.94 bits per heavy atom. The van der Waals surface area contributed by atoms with Crippen molar-refractivity contribution in [3.63, 3.8) is 0 Å². The van der Waals surface area contributed by atoms with Crippen molar-refractivity contribution in [2.45, 2.75) is 20.0 Å². The van der Waals surface area contributed by atoms with Gasteiger partial charge in [0.25, 0.3) is 5.88 Å². The van der Waals surface area contributed by atoms with Crippen molar-refractivity contribution in [3.8, 4) is 11.6 Å². The second-order valence-electron chi connectivity index (χ2n) is 3.02. The normalized spacial score (nSPS) is 11.7. The minimum Gasteiger partial charge on any atom is -0.491 e. The Bertz CT molecular complexity index is 354. The van der Waals surface area contributed by atoms with Crippen LogP contribution in [0.2, 0.25) is 0 Å². The fourth-order valence-electron chi connectivity index (χ4n) is 1.10. The van der Waals surface area contributed by atoms with Crippen molar-refractivity contribution in [2.75, 3.05) is 13.7 Å². The van der Waals surface area contributed by atoms with Crippen LogP contribution in [-0.2, 0) is 9.53 Å². The number of rotatable bonds is 5. The first kappa shape index (κ1) is 12.3. The predicted molar refractivity (Wildman–Crippen MR) is 57.5 cm³/mol. The van der Waals surface area contributed by atoms with E-state index in [-0.39, 0.29) is 5.88 Å². The van der Waals surface area contributed by atoms with Crippen molar-refractivity contribution in [1.82, 2.24) is 4.98 Å². The van der Waals surface area contributed by atoms with Crippen LogP contribution in [0.3, 0.4) is 0 Å². The van der Waals surface area contributed by atoms with E-state index in [1.54, 1.807) is 32.2 Å². The summed E-state index contributed by atoms with van der Waals surface area (Å²) in [5, 5.41) is 0. The summed E-state index contributed by atoms with van der Waals surface area (Å²) >= 11 is 0. The lowest BCUT2D eigenvalue weighted by molar-refractivity contribution is -0.150. The van der Waals surface area contributed by atoms with Gasteiger partial charge in [0.15, 0.2) is 11.9 Å². The molecule has 1 unspecified atom stereocenters. The molecule has 0 bridgehead atoms. The summed E-state index contributed by atoms with van der Waals surface area (Å²) in [5.41, 5.74) is 0. The number of aromatic nitrogens is 1. The molecule has 1 atom stereocenters. The molecule has 5 nitrogen and oxygen atoms in total. The van der Waals surface area contributed by atoms with E-state index in [9.17, 15) is 4.79 Å². The minimum atomic E-state index is -0.705. The number of hydrogen-bond acceptors (Lipinski definition) is 5. The van der Waals surface area contributed by atoms with Crippen LogP contribution in [0, 0.1) is 0 Å². The molecule has 5 heteroatoms. The molecule has 1 aromatic heterocycles. The van der Waals surface area contributed by atoms with Gasteiger partial charge < -0.3 is 14.2 Å². The largest absolute Gasteiger partial charge is 0.491 e. The molecule has 88 valence electrons. The van der Waals surface area contributed by atoms with Gasteiger partial charge in [-0.15, -0.1) is 0 Å². The average molecular weight is 225 g/mol. The SMILES string of the molecule is CCOC(=O)C(C)Oc1ncccc1OC. The number of carbonyl (C=O) groups is 1. The van der Waals surface area contributed by atoms with Crippen LogP contribution in [-0.4, -0.2) is 30.8 Å². The van der Waals surface area contributed by atoms with E-state index in [0.29, 0.717) is 12.4 Å². The van der Waals surface area contributed by atoms with E-state index in [1.807, 2.05) is 0 Å². The molecule has 0 saturated carbocycles. The summed E-state index contributed by atoms with van der Waals surface area (Å²) in [6.45, 7) is 3.67. The Labute approximate surface area is 94.3 Å². The zero-order valence-electron chi connectivity index (χ0n) is 9.60. The Hall–Kier alpha value is -1.78. The molecular weight excluding hydrogens is 210 g/mol. The van der Waals surface area contributed by atoms with Gasteiger partial charge in [0, 0.05) is 6.20 Å². The zero-order chi connectivity index (χ0) is 12.0. The molecule has 0 aliphatic carbocycles. The summed E-state index contributed by atoms with van der Waals surface area (Å²) in [6, 6.07) is 3.43. The highest BCUT2D eigenvalue weighted by Gasteiger charge is 2.18. The van der Waals surface area contributed by atoms with Gasteiger partial charge >= 0.3 is 5.97 Å². The second kappa shape index (κ2) is 5.95. The van der Waals surface area contributed by atoms with E-state index in [4.69, 9.17) is 14.2 Å². The van der Waals surface area contributed by atoms with E-state index in [1.165, 1.54) is 7.11 Å². The molecule has 0 spiro atoms. The third kappa shape index (κ3) is 3.12. The molecule has 0 fully saturated rings. The molecule has 1 heterocycles. The molecule has 0 N–H and O–H groups in total. The summed E-state index contributed by atoms with van der Waals surface area (Å²) in [5.74, 6) is 0.347. The lowest BCUT2D eigenvalue weighted by Crippen LogP contribution is -2.26. The average Bonchev–Trinajstić information content (AvgIpc) is 2.30. The first-order chi connectivity index (χ1) is 7.69. The maximum atomic E-state index is 11.3. The maximum Gasteiger partial charge on any atom is 0.347 e. The van der Waals surface area contributed by atoms with Gasteiger partial charge in [-0.2, -0.15) is 0 Å². The smallest absolute Gasteiger partial charge is 0.347 e. The van der Waals surface area contributed by atoms with Crippen LogP contribution >= 0.6 is 0 Å². The molecule has 0 amide bonds. The first-order valence-corrected chi connectivity index (χ1v) is 5.01. The van der Waals surface area contributed by atoms with Crippen LogP contribution in [0.1, 0.15) is 13.8 Å². The first-order valence-electron chi connectivity index (χ1n) is 5.01. The highest BCUT2D eigenvalue weighted by Crippen LogP contribution is 2.23. The number of nitrogens with zero attached hydrogens (tertiary/aromatic N) is 1. The molecule has 0 saturated heterocycles. The highest BCUT2D eigenvalue weighted by molar-refractivity contribution is 5.74. The molecule has 0 aromatic carbocycles. The summed E-state index contributed by atoms with van der Waals surface area (Å²) in [6.07, 6.45) is 0.860. The van der Waals surface area contributed by atoms with Gasteiger partial charge in [0.1, 0.15) is 0 Å². The molecule has 0 aliphatic rings. The van der Waals surface area contributed by atoms with Gasteiger partial charge in [-0.1, -0.05) is 0 Å². The van der Waals surface area contributed by atoms with Gasteiger partial charge in [-0.3, -0.25) is 0 Å². The van der Waals surface area contributed by atoms with Crippen molar-refractivity contribution in [3.05, 3.63) is 18.3 Å². The second-order valence-corrected chi connectivity index (χ2v) is 3.02. The van der Waals surface area contributed by atoms with Crippen LogP contribution < -0.4 is 9.47 Å². The Kier molecular flexibility index (Phi) is 4.57. The molecule has 1 aromatic rings. The third-order valence-electron chi connectivity index (χ3n) is 1.86. The van der Waals surface area contributed by atoms with E-state index in [0.717, 1.165) is 0 Å². The summed E-state index contributed by atoms with van der Waals surface area (Å²) in [7, 11) is 1.51. The molecule has 1 rings (SSSR count). The Morgan fingerprint density at radius 1 is 1.56 bits per heavy atom. The predicted octanol–water partition coefficient (Wildman–Crippen LogP) is 1.42. The topological polar surface area (TPSA) is 57.7 Å². The Balaban J connectivity index is 2.68. The summed E-state index contributed by atoms with van der Waals surface area (Å²) < 4.78 is 15.2. The fraction of sp³-hybridized carbons (Fsp3) is 0.455. The van der Waals surface area contributed by atoms with Crippen molar-refractivity contribution in [1.29, 1.82) is 0 Å². The highest BCUT2D eigenvalue weighted by atomic mass is 16.6. The molecule has 16 heavy (non-hydrogen) atoms. The van der Waals surface area contributed by atoms with E-state index >= 15 is 0 Å². The van der Waals surface area contributed by atoms with Gasteiger partial charge in [0.05, 0.1) is 13.7 Å². The standard InChI is InChI=1S/C11H15NO4/c1-4-15-11(13)8(2)16-10-9(14-3)6-5-7-12-10/h5-8H,4H2,1-3H3. The number of hydrogen-bond donors (Lipinski definition) is 0. The van der Waals surface area contributed by atoms with Gasteiger partial charge in [-0.05, 0) is 26.0 Å². The van der Waals surface area contributed by atoms with E-state index in [2.05, 4.69) is 4.98 Å². The lowest BCUT2D eigenvalue weighted by Gasteiger charge is -2.14. The number of methoxy groups -OCH3 is 1. The molecular formula is C11H15NO4. The molecule has 0 aliphatic heterocycles. The summed E-state index contributed by atoms with van der Waals surface area (Å²) in [4.78, 5) is 15.3. The van der Waals surface area contributed by atoms with Crippen molar-refractivity contribution >= 4 is 5.97 Å². The maximum absolute atomic E-state index is 11.3. The van der Waals surface area contributed by atoms with Crippen LogP contribution in [0.4, 0.5) is 0 Å². The van der Waals surface area contributed by atoms with Gasteiger partial charge in [0.2, 0.25) is 0 Å². The van der Waals surface area contributed by atoms with Crippen LogP contribution in [0.5, 0.6) is 11.6 Å². The monoisotopic (exact) mass is 225 g/mol. The van der Waals surface area contributed by atoms with Crippen LogP contribution in [0.25, 0.3) is 0 Å². The third-order valence-corrected chi connectivity index (χ3v) is 1.86. The number of esters is 1. The molecule has 0 radical (unpaired) electrons. The van der Waals surface area contributed by atoms with Gasteiger partial charge in [-0.25, -0.2) is 9.78 Å².